The number of carbonyl (C=O) groups is 1. The molecular formula is C14H16BrN3O. The molecule has 5 heteroatoms. The van der Waals surface area contributed by atoms with Crippen molar-refractivity contribution in [2.75, 3.05) is 11.9 Å². The van der Waals surface area contributed by atoms with Crippen LogP contribution in [0.2, 0.25) is 0 Å². The number of halogens is 1. The first-order chi connectivity index (χ1) is 9.18. The van der Waals surface area contributed by atoms with Crippen LogP contribution < -0.4 is 11.1 Å². The quantitative estimate of drug-likeness (QED) is 0.803. The molecule has 0 aliphatic carbocycles. The van der Waals surface area contributed by atoms with Crippen molar-refractivity contribution < 1.29 is 4.79 Å². The Hall–Kier alpha value is -1.62. The maximum absolute atomic E-state index is 10.6. The zero-order valence-electron chi connectivity index (χ0n) is 10.5. The van der Waals surface area contributed by atoms with E-state index in [-0.39, 0.29) is 5.91 Å². The molecule has 1 aromatic carbocycles. The Labute approximate surface area is 120 Å². The van der Waals surface area contributed by atoms with Crippen molar-refractivity contribution in [2.24, 2.45) is 5.73 Å². The summed E-state index contributed by atoms with van der Waals surface area (Å²) in [5, 5.41) is 5.53. The van der Waals surface area contributed by atoms with Crippen LogP contribution in [0.15, 0.2) is 34.9 Å². The van der Waals surface area contributed by atoms with Crippen LogP contribution in [0, 0.1) is 0 Å². The molecule has 4 nitrogen and oxygen atoms in total. The Morgan fingerprint density at radius 3 is 2.89 bits per heavy atom. The van der Waals surface area contributed by atoms with Gasteiger partial charge in [0, 0.05) is 34.4 Å². The van der Waals surface area contributed by atoms with Crippen LogP contribution in [0.25, 0.3) is 10.8 Å². The summed E-state index contributed by atoms with van der Waals surface area (Å²) < 4.78 is 1.06. The Balaban J connectivity index is 2.01. The van der Waals surface area contributed by atoms with Crippen molar-refractivity contribution in [3.05, 3.63) is 34.9 Å². The molecule has 0 radical (unpaired) electrons. The molecule has 0 spiro atoms. The van der Waals surface area contributed by atoms with E-state index in [1.807, 2.05) is 24.3 Å². The van der Waals surface area contributed by atoms with Crippen molar-refractivity contribution in [1.82, 2.24) is 4.98 Å². The zero-order valence-corrected chi connectivity index (χ0v) is 12.1. The van der Waals surface area contributed by atoms with Crippen molar-refractivity contribution in [3.8, 4) is 0 Å². The Morgan fingerprint density at radius 2 is 2.11 bits per heavy atom. The fourth-order valence-corrected chi connectivity index (χ4v) is 2.44. The first kappa shape index (κ1) is 13.8. The van der Waals surface area contributed by atoms with Crippen LogP contribution in [0.3, 0.4) is 0 Å². The summed E-state index contributed by atoms with van der Waals surface area (Å²) in [5.74, 6) is 0.630. The molecule has 0 aliphatic heterocycles. The highest BCUT2D eigenvalue weighted by Crippen LogP contribution is 2.27. The molecular weight excluding hydrogens is 306 g/mol. The van der Waals surface area contributed by atoms with Crippen LogP contribution in [-0.4, -0.2) is 17.4 Å². The van der Waals surface area contributed by atoms with Gasteiger partial charge in [-0.1, -0.05) is 28.1 Å². The van der Waals surface area contributed by atoms with Crippen molar-refractivity contribution >= 4 is 38.4 Å². The van der Waals surface area contributed by atoms with Gasteiger partial charge in [-0.25, -0.2) is 4.98 Å². The number of rotatable bonds is 6. The van der Waals surface area contributed by atoms with Gasteiger partial charge in [0.25, 0.3) is 0 Å². The highest BCUT2D eigenvalue weighted by atomic mass is 79.9. The van der Waals surface area contributed by atoms with Crippen molar-refractivity contribution in [3.63, 3.8) is 0 Å². The first-order valence-electron chi connectivity index (χ1n) is 6.24. The van der Waals surface area contributed by atoms with E-state index in [0.29, 0.717) is 6.42 Å². The van der Waals surface area contributed by atoms with Gasteiger partial charge in [0.05, 0.1) is 0 Å². The number of hydrogen-bond acceptors (Lipinski definition) is 3. The van der Waals surface area contributed by atoms with Gasteiger partial charge in [0.1, 0.15) is 5.82 Å². The fraction of sp³-hybridized carbons (Fsp3) is 0.286. The number of amides is 1. The topological polar surface area (TPSA) is 68.0 Å². The van der Waals surface area contributed by atoms with Gasteiger partial charge in [-0.3, -0.25) is 4.79 Å². The van der Waals surface area contributed by atoms with E-state index < -0.39 is 0 Å². The number of unbranched alkanes of at least 4 members (excludes halogenated alkanes) is 1. The monoisotopic (exact) mass is 321 g/mol. The van der Waals surface area contributed by atoms with E-state index in [9.17, 15) is 4.79 Å². The second-order valence-corrected chi connectivity index (χ2v) is 5.20. The predicted molar refractivity (Wildman–Crippen MR) is 81.0 cm³/mol. The molecule has 1 heterocycles. The number of aromatic nitrogens is 1. The molecule has 0 saturated heterocycles. The van der Waals surface area contributed by atoms with Gasteiger partial charge in [0.2, 0.25) is 5.91 Å². The molecule has 0 aliphatic rings. The summed E-state index contributed by atoms with van der Waals surface area (Å²) in [6, 6.07) is 8.03. The standard InChI is InChI=1S/C14H16BrN3O/c15-12-5-3-4-11-10(12)7-9-18-14(11)17-8-2-1-6-13(16)19/h3-5,7,9H,1-2,6,8H2,(H2,16,19)(H,17,18). The lowest BCUT2D eigenvalue weighted by atomic mass is 10.1. The molecule has 0 bridgehead atoms. The Bertz CT molecular complexity index is 586. The maximum atomic E-state index is 10.6. The highest BCUT2D eigenvalue weighted by Gasteiger charge is 2.04. The number of primary amides is 1. The van der Waals surface area contributed by atoms with Crippen LogP contribution in [0.5, 0.6) is 0 Å². The van der Waals surface area contributed by atoms with E-state index in [1.54, 1.807) is 6.20 Å². The van der Waals surface area contributed by atoms with Gasteiger partial charge >= 0.3 is 0 Å². The number of benzene rings is 1. The number of hydrogen-bond donors (Lipinski definition) is 2. The van der Waals surface area contributed by atoms with Gasteiger partial charge in [-0.15, -0.1) is 0 Å². The SMILES string of the molecule is NC(=O)CCCCNc1nccc2c(Br)cccc12. The molecule has 19 heavy (non-hydrogen) atoms. The van der Waals surface area contributed by atoms with E-state index in [0.717, 1.165) is 40.4 Å². The lowest BCUT2D eigenvalue weighted by molar-refractivity contribution is -0.118. The average molecular weight is 322 g/mol. The third kappa shape index (κ3) is 3.67. The maximum Gasteiger partial charge on any atom is 0.217 e. The minimum atomic E-state index is -0.243. The van der Waals surface area contributed by atoms with Gasteiger partial charge in [-0.05, 0) is 25.0 Å². The number of fused-ring (bicyclic) bond motifs is 1. The Kier molecular flexibility index (Phi) is 4.74. The predicted octanol–water partition coefficient (Wildman–Crippen LogP) is 3.06. The summed E-state index contributed by atoms with van der Waals surface area (Å²) in [4.78, 5) is 15.0. The lowest BCUT2D eigenvalue weighted by Gasteiger charge is -2.09. The molecule has 1 aromatic heterocycles. The van der Waals surface area contributed by atoms with Crippen LogP contribution in [0.4, 0.5) is 5.82 Å². The van der Waals surface area contributed by atoms with Gasteiger partial charge < -0.3 is 11.1 Å². The number of pyridine rings is 1. The molecule has 3 N–H and O–H groups in total. The molecule has 0 fully saturated rings. The third-order valence-electron chi connectivity index (χ3n) is 2.90. The fourth-order valence-electron chi connectivity index (χ4n) is 1.94. The summed E-state index contributed by atoms with van der Waals surface area (Å²) in [6.07, 6.45) is 3.93. The molecule has 2 aromatic rings. The molecule has 0 unspecified atom stereocenters. The number of anilines is 1. The lowest BCUT2D eigenvalue weighted by Crippen LogP contribution is -2.11. The van der Waals surface area contributed by atoms with Crippen molar-refractivity contribution in [2.45, 2.75) is 19.3 Å². The average Bonchev–Trinajstić information content (AvgIpc) is 2.39. The highest BCUT2D eigenvalue weighted by molar-refractivity contribution is 9.10. The summed E-state index contributed by atoms with van der Waals surface area (Å²) >= 11 is 3.53. The molecule has 100 valence electrons. The van der Waals surface area contributed by atoms with Gasteiger partial charge in [0.15, 0.2) is 0 Å². The summed E-state index contributed by atoms with van der Waals surface area (Å²) in [7, 11) is 0. The number of nitrogens with one attached hydrogen (secondary N) is 1. The van der Waals surface area contributed by atoms with Crippen LogP contribution in [0.1, 0.15) is 19.3 Å². The Morgan fingerprint density at radius 1 is 1.26 bits per heavy atom. The zero-order chi connectivity index (χ0) is 13.7. The molecule has 2 rings (SSSR count). The third-order valence-corrected chi connectivity index (χ3v) is 3.59. The number of nitrogens with two attached hydrogens (primary N) is 1. The van der Waals surface area contributed by atoms with Crippen molar-refractivity contribution in [1.29, 1.82) is 0 Å². The van der Waals surface area contributed by atoms with E-state index in [1.165, 1.54) is 0 Å². The minimum absolute atomic E-state index is 0.243. The first-order valence-corrected chi connectivity index (χ1v) is 7.03. The van der Waals surface area contributed by atoms with E-state index in [4.69, 9.17) is 5.73 Å². The normalized spacial score (nSPS) is 10.6. The second-order valence-electron chi connectivity index (χ2n) is 4.34. The largest absolute Gasteiger partial charge is 0.370 e. The molecule has 1 amide bonds. The smallest absolute Gasteiger partial charge is 0.217 e. The minimum Gasteiger partial charge on any atom is -0.370 e. The van der Waals surface area contributed by atoms with E-state index >= 15 is 0 Å². The molecule has 0 atom stereocenters. The summed E-state index contributed by atoms with van der Waals surface area (Å²) in [5.41, 5.74) is 5.10. The second kappa shape index (κ2) is 6.52. The summed E-state index contributed by atoms with van der Waals surface area (Å²) in [6.45, 7) is 0.784. The van der Waals surface area contributed by atoms with Crippen LogP contribution >= 0.6 is 15.9 Å². The number of carbonyl (C=O) groups excluding carboxylic acids is 1. The van der Waals surface area contributed by atoms with E-state index in [2.05, 4.69) is 26.2 Å². The number of nitrogens with zero attached hydrogens (tertiary/aromatic N) is 1. The van der Waals surface area contributed by atoms with Crippen LogP contribution in [-0.2, 0) is 4.79 Å². The molecule has 0 saturated carbocycles. The van der Waals surface area contributed by atoms with Gasteiger partial charge in [-0.2, -0.15) is 0 Å².